The minimum Gasteiger partial charge on any atom is -0.496 e. The molecule has 0 aliphatic heterocycles. The molecule has 4 aliphatic carbocycles. The molecule has 7 nitrogen and oxygen atoms in total. The lowest BCUT2D eigenvalue weighted by atomic mass is 9.51. The Labute approximate surface area is 274 Å². The molecular weight excluding hydrogens is 574 g/mol. The van der Waals surface area contributed by atoms with Crippen LogP contribution in [0.1, 0.15) is 115 Å². The minimum atomic E-state index is -0.196. The lowest BCUT2D eigenvalue weighted by Gasteiger charge is -2.55. The van der Waals surface area contributed by atoms with Crippen molar-refractivity contribution in [2.75, 3.05) is 18.6 Å². The molecule has 0 atom stereocenters. The monoisotopic (exact) mass is 625 g/mol. The second-order valence-corrected chi connectivity index (χ2v) is 15.7. The number of rotatable bonds is 9. The van der Waals surface area contributed by atoms with Gasteiger partial charge in [0.2, 0.25) is 5.91 Å². The molecule has 4 fully saturated rings. The van der Waals surface area contributed by atoms with Gasteiger partial charge in [0.05, 0.1) is 7.11 Å². The van der Waals surface area contributed by atoms with Gasteiger partial charge in [-0.3, -0.25) is 9.69 Å². The molecule has 4 saturated carbocycles. The number of anilines is 1. The molecule has 1 amide bonds. The number of hydrogen-bond donors (Lipinski definition) is 0. The van der Waals surface area contributed by atoms with Crippen molar-refractivity contribution in [2.24, 2.45) is 17.3 Å². The van der Waals surface area contributed by atoms with E-state index in [1.807, 2.05) is 17.0 Å². The van der Waals surface area contributed by atoms with Gasteiger partial charge in [-0.25, -0.2) is 9.97 Å². The number of nitrogens with zero attached hydrogens (tertiary/aromatic N) is 3. The Morgan fingerprint density at radius 1 is 1.00 bits per heavy atom. The van der Waals surface area contributed by atoms with E-state index in [9.17, 15) is 9.59 Å². The van der Waals surface area contributed by atoms with E-state index in [-0.39, 0.29) is 33.9 Å². The summed E-state index contributed by atoms with van der Waals surface area (Å²) in [6.45, 7) is 10.8. The van der Waals surface area contributed by atoms with Crippen LogP contribution in [0.2, 0.25) is 0 Å². The molecule has 0 saturated heterocycles. The Hall–Kier alpha value is -3.48. The number of hydrogen-bond acceptors (Lipinski definition) is 6. The number of carbonyl (C=O) groups excluding carboxylic acids is 2. The van der Waals surface area contributed by atoms with Crippen molar-refractivity contribution < 1.29 is 18.7 Å². The maximum absolute atomic E-state index is 14.5. The SMILES string of the molecule is COc1ccc(C23CCC(CN(C(=O)C4CCC(CC(C)=O)CC4)c4cc(-c5coc(C(C)(C)C)n5)ccn4)(CC2)CC3)cc1C. The Morgan fingerprint density at radius 3 is 2.28 bits per heavy atom. The van der Waals surface area contributed by atoms with E-state index in [2.05, 4.69) is 45.9 Å². The molecule has 7 rings (SSSR count). The van der Waals surface area contributed by atoms with Gasteiger partial charge in [-0.2, -0.15) is 0 Å². The summed E-state index contributed by atoms with van der Waals surface area (Å²) in [7, 11) is 1.74. The molecule has 2 heterocycles. The molecule has 46 heavy (non-hydrogen) atoms. The molecule has 0 radical (unpaired) electrons. The normalized spacial score (nSPS) is 26.1. The summed E-state index contributed by atoms with van der Waals surface area (Å²) in [5.41, 5.74) is 4.39. The number of carbonyl (C=O) groups is 2. The van der Waals surface area contributed by atoms with Gasteiger partial charge in [0.1, 0.15) is 29.3 Å². The van der Waals surface area contributed by atoms with E-state index in [0.29, 0.717) is 30.6 Å². The van der Waals surface area contributed by atoms with Crippen LogP contribution >= 0.6 is 0 Å². The van der Waals surface area contributed by atoms with Crippen molar-refractivity contribution in [1.82, 2.24) is 9.97 Å². The number of oxazole rings is 1. The van der Waals surface area contributed by atoms with E-state index in [1.165, 1.54) is 11.1 Å². The number of aryl methyl sites for hydroxylation is 1. The summed E-state index contributed by atoms with van der Waals surface area (Å²) in [5.74, 6) is 3.12. The van der Waals surface area contributed by atoms with E-state index in [4.69, 9.17) is 19.1 Å². The van der Waals surface area contributed by atoms with Crippen molar-refractivity contribution >= 4 is 17.5 Å². The van der Waals surface area contributed by atoms with Gasteiger partial charge in [-0.15, -0.1) is 0 Å². The third-order valence-electron chi connectivity index (χ3n) is 11.4. The number of Topliss-reactive ketones (excluding diaryl/α,β-unsaturated/α-hetero) is 1. The summed E-state index contributed by atoms with van der Waals surface area (Å²) in [5, 5.41) is 0. The zero-order valence-corrected chi connectivity index (χ0v) is 28.7. The van der Waals surface area contributed by atoms with Gasteiger partial charge in [0.15, 0.2) is 5.89 Å². The van der Waals surface area contributed by atoms with E-state index >= 15 is 0 Å². The van der Waals surface area contributed by atoms with Crippen molar-refractivity contribution in [2.45, 2.75) is 116 Å². The predicted octanol–water partition coefficient (Wildman–Crippen LogP) is 8.76. The second kappa shape index (κ2) is 12.6. The fourth-order valence-electron chi connectivity index (χ4n) is 8.47. The lowest BCUT2D eigenvalue weighted by molar-refractivity contribution is -0.124. The van der Waals surface area contributed by atoms with Gasteiger partial charge in [-0.1, -0.05) is 32.9 Å². The van der Waals surface area contributed by atoms with E-state index in [0.717, 1.165) is 81.2 Å². The number of ether oxygens (including phenoxy) is 1. The van der Waals surface area contributed by atoms with Crippen LogP contribution in [0, 0.1) is 24.2 Å². The maximum Gasteiger partial charge on any atom is 0.231 e. The number of pyridine rings is 1. The molecule has 0 spiro atoms. The summed E-state index contributed by atoms with van der Waals surface area (Å²) in [6.07, 6.45) is 14.4. The Morgan fingerprint density at radius 2 is 1.70 bits per heavy atom. The second-order valence-electron chi connectivity index (χ2n) is 15.7. The summed E-state index contributed by atoms with van der Waals surface area (Å²) < 4.78 is 11.4. The Bertz CT molecular complexity index is 1550. The first-order valence-corrected chi connectivity index (χ1v) is 17.3. The molecule has 246 valence electrons. The quantitative estimate of drug-likeness (QED) is 0.236. The van der Waals surface area contributed by atoms with E-state index in [1.54, 1.807) is 26.5 Å². The number of methoxy groups -OCH3 is 1. The highest BCUT2D eigenvalue weighted by Crippen LogP contribution is 2.58. The molecule has 2 aromatic heterocycles. The third kappa shape index (κ3) is 6.52. The zero-order chi connectivity index (χ0) is 32.7. The minimum absolute atomic E-state index is 0.0434. The molecular formula is C39H51N3O4. The first-order valence-electron chi connectivity index (χ1n) is 17.3. The molecule has 2 bridgehead atoms. The average Bonchev–Trinajstić information content (AvgIpc) is 3.56. The van der Waals surface area contributed by atoms with Gasteiger partial charge < -0.3 is 13.9 Å². The van der Waals surface area contributed by atoms with Crippen molar-refractivity contribution in [3.8, 4) is 17.0 Å². The fourth-order valence-corrected chi connectivity index (χ4v) is 8.47. The van der Waals surface area contributed by atoms with Crippen LogP contribution in [-0.4, -0.2) is 35.3 Å². The number of fused-ring (bicyclic) bond motifs is 3. The number of amides is 1. The molecule has 4 aliphatic rings. The highest BCUT2D eigenvalue weighted by atomic mass is 16.5. The fraction of sp³-hybridized carbons (Fsp3) is 0.590. The smallest absolute Gasteiger partial charge is 0.231 e. The average molecular weight is 626 g/mol. The Kier molecular flexibility index (Phi) is 8.90. The number of aromatic nitrogens is 2. The van der Waals surface area contributed by atoms with Crippen molar-refractivity contribution in [3.63, 3.8) is 0 Å². The van der Waals surface area contributed by atoms with Crippen LogP contribution in [0.5, 0.6) is 5.75 Å². The molecule has 7 heteroatoms. The van der Waals surface area contributed by atoms with Gasteiger partial charge in [-0.05, 0) is 124 Å². The van der Waals surface area contributed by atoms with Crippen molar-refractivity contribution in [1.29, 1.82) is 0 Å². The van der Waals surface area contributed by atoms with Gasteiger partial charge in [0, 0.05) is 36.1 Å². The largest absolute Gasteiger partial charge is 0.496 e. The van der Waals surface area contributed by atoms with Crippen LogP contribution in [0.25, 0.3) is 11.3 Å². The van der Waals surface area contributed by atoms with Gasteiger partial charge >= 0.3 is 0 Å². The van der Waals surface area contributed by atoms with Crippen LogP contribution in [0.3, 0.4) is 0 Å². The Balaban J connectivity index is 1.26. The maximum atomic E-state index is 14.5. The highest BCUT2D eigenvalue weighted by molar-refractivity contribution is 5.95. The van der Waals surface area contributed by atoms with Crippen molar-refractivity contribution in [3.05, 3.63) is 59.8 Å². The number of ketones is 1. The van der Waals surface area contributed by atoms with Crippen LogP contribution in [0.4, 0.5) is 5.82 Å². The van der Waals surface area contributed by atoms with Crippen LogP contribution < -0.4 is 9.64 Å². The summed E-state index contributed by atoms with van der Waals surface area (Å²) in [4.78, 5) is 37.9. The number of benzene rings is 1. The molecule has 3 aromatic rings. The highest BCUT2D eigenvalue weighted by Gasteiger charge is 2.51. The van der Waals surface area contributed by atoms with Gasteiger partial charge in [0.25, 0.3) is 0 Å². The van der Waals surface area contributed by atoms with Crippen LogP contribution in [-0.2, 0) is 20.4 Å². The first kappa shape index (κ1) is 32.5. The molecule has 0 N–H and O–H groups in total. The summed E-state index contributed by atoms with van der Waals surface area (Å²) >= 11 is 0. The zero-order valence-electron chi connectivity index (χ0n) is 28.7. The lowest BCUT2D eigenvalue weighted by Crippen LogP contribution is -2.52. The topological polar surface area (TPSA) is 85.5 Å². The third-order valence-corrected chi connectivity index (χ3v) is 11.4. The van der Waals surface area contributed by atoms with Crippen LogP contribution in [0.15, 0.2) is 47.2 Å². The molecule has 0 unspecified atom stereocenters. The molecule has 1 aromatic carbocycles. The summed E-state index contributed by atoms with van der Waals surface area (Å²) in [6, 6.07) is 10.7. The predicted molar refractivity (Wildman–Crippen MR) is 181 cm³/mol. The van der Waals surface area contributed by atoms with E-state index < -0.39 is 0 Å². The first-order chi connectivity index (χ1) is 21.9. The standard InChI is InChI=1S/C39H51N3O4/c1-26-21-31(11-12-33(26)45-6)39-17-14-38(15-18-39,16-19-39)25-42(35(44)29-9-7-28(8-10-29)22-27(2)43)34-23-30(13-20-40-34)32-24-46-36(41-32)37(3,4)5/h11-13,20-21,23-24,28-29H,7-10,14-19,22,25H2,1-6H3.